The maximum Gasteiger partial charge on any atom is 0.187 e. The molecule has 0 aromatic heterocycles. The Kier molecular flexibility index (Phi) is 5.19. The molecule has 124 valence electrons. The third-order valence-electron chi connectivity index (χ3n) is 3.90. The zero-order chi connectivity index (χ0) is 15.9. The van der Waals surface area contributed by atoms with Crippen molar-refractivity contribution >= 4 is 0 Å². The zero-order valence-corrected chi connectivity index (χ0v) is 11.7. The molecule has 9 nitrogen and oxygen atoms in total. The molecule has 6 N–H and O–H groups in total. The second-order valence-electron chi connectivity index (χ2n) is 5.50. The van der Waals surface area contributed by atoms with Crippen LogP contribution in [0.25, 0.3) is 0 Å². The topological polar surface area (TPSA) is 149 Å². The molecule has 0 aromatic carbocycles. The van der Waals surface area contributed by atoms with E-state index >= 15 is 0 Å². The molecule has 2 rings (SSSR count). The molecule has 0 aromatic rings. The Balaban J connectivity index is 2.06. The minimum absolute atomic E-state index is 0.793. The molecule has 2 aliphatic rings. The van der Waals surface area contributed by atoms with Gasteiger partial charge in [0.15, 0.2) is 12.6 Å². The van der Waals surface area contributed by atoms with E-state index in [2.05, 4.69) is 0 Å². The van der Waals surface area contributed by atoms with Crippen LogP contribution < -0.4 is 0 Å². The van der Waals surface area contributed by atoms with Gasteiger partial charge in [0.1, 0.15) is 36.6 Å². The zero-order valence-electron chi connectivity index (χ0n) is 11.7. The van der Waals surface area contributed by atoms with E-state index in [0.717, 1.165) is 0 Å². The molecule has 0 bridgehead atoms. The van der Waals surface area contributed by atoms with E-state index in [9.17, 15) is 30.6 Å². The third kappa shape index (κ3) is 3.21. The number of rotatable bonds is 2. The van der Waals surface area contributed by atoms with Crippen LogP contribution in [0.3, 0.4) is 0 Å². The maximum absolute atomic E-state index is 9.91. The molecular weight excluding hydrogens is 288 g/mol. The normalized spacial score (nSPS) is 55.4. The second-order valence-corrected chi connectivity index (χ2v) is 5.50. The Morgan fingerprint density at radius 2 is 1.19 bits per heavy atom. The monoisotopic (exact) mass is 310 g/mol. The van der Waals surface area contributed by atoms with E-state index in [-0.39, 0.29) is 0 Å². The average Bonchev–Trinajstić information content (AvgIpc) is 2.44. The van der Waals surface area contributed by atoms with Crippen LogP contribution >= 0.6 is 0 Å². The molecule has 9 heteroatoms. The first-order valence-corrected chi connectivity index (χ1v) is 6.78. The van der Waals surface area contributed by atoms with Crippen molar-refractivity contribution in [1.29, 1.82) is 0 Å². The van der Waals surface area contributed by atoms with Crippen LogP contribution in [0.5, 0.6) is 0 Å². The number of aliphatic hydroxyl groups excluding tert-OH is 6. The van der Waals surface area contributed by atoms with Crippen LogP contribution in [0.2, 0.25) is 0 Å². The molecule has 21 heavy (non-hydrogen) atoms. The van der Waals surface area contributed by atoms with Gasteiger partial charge >= 0.3 is 0 Å². The SMILES string of the molecule is C[C@H]1OC(O[C@H]2C(O)O[C@H](C)[C@H](O)[C@@H]2O)[C@H](O)[C@@H](O)[C@H]1O. The lowest BCUT2D eigenvalue weighted by Crippen LogP contribution is -2.62. The Hall–Kier alpha value is -0.360. The van der Waals surface area contributed by atoms with E-state index in [1.165, 1.54) is 13.8 Å². The quantitative estimate of drug-likeness (QED) is 0.308. The number of hydrogen-bond donors (Lipinski definition) is 6. The van der Waals surface area contributed by atoms with E-state index in [1.807, 2.05) is 0 Å². The molecule has 2 fully saturated rings. The van der Waals surface area contributed by atoms with Gasteiger partial charge in [0.05, 0.1) is 12.2 Å². The van der Waals surface area contributed by atoms with Crippen LogP contribution in [-0.4, -0.2) is 92.1 Å². The van der Waals surface area contributed by atoms with Crippen LogP contribution in [0.4, 0.5) is 0 Å². The highest BCUT2D eigenvalue weighted by Gasteiger charge is 2.48. The maximum atomic E-state index is 9.91. The lowest BCUT2D eigenvalue weighted by molar-refractivity contribution is -0.356. The summed E-state index contributed by atoms with van der Waals surface area (Å²) < 4.78 is 15.5. The smallest absolute Gasteiger partial charge is 0.187 e. The first kappa shape index (κ1) is 17.0. The van der Waals surface area contributed by atoms with E-state index < -0.39 is 61.4 Å². The van der Waals surface area contributed by atoms with E-state index in [4.69, 9.17) is 14.2 Å². The van der Waals surface area contributed by atoms with Gasteiger partial charge < -0.3 is 44.8 Å². The van der Waals surface area contributed by atoms with Crippen LogP contribution in [0.1, 0.15) is 13.8 Å². The fraction of sp³-hybridized carbons (Fsp3) is 1.00. The van der Waals surface area contributed by atoms with Crippen molar-refractivity contribution in [3.8, 4) is 0 Å². The van der Waals surface area contributed by atoms with Crippen molar-refractivity contribution in [2.45, 2.75) is 75.3 Å². The Morgan fingerprint density at radius 3 is 1.81 bits per heavy atom. The Labute approximate surface area is 121 Å². The van der Waals surface area contributed by atoms with Crippen LogP contribution in [-0.2, 0) is 14.2 Å². The summed E-state index contributed by atoms with van der Waals surface area (Å²) in [5.74, 6) is 0. The first-order valence-electron chi connectivity index (χ1n) is 6.78. The Bertz CT molecular complexity index is 354. The van der Waals surface area contributed by atoms with Crippen molar-refractivity contribution in [3.63, 3.8) is 0 Å². The summed E-state index contributed by atoms with van der Waals surface area (Å²) in [7, 11) is 0. The summed E-state index contributed by atoms with van der Waals surface area (Å²) in [5, 5.41) is 58.5. The molecule has 2 heterocycles. The van der Waals surface area contributed by atoms with Gasteiger partial charge in [0.25, 0.3) is 0 Å². The molecule has 10 atom stereocenters. The fourth-order valence-electron chi connectivity index (χ4n) is 2.45. The second kappa shape index (κ2) is 6.41. The van der Waals surface area contributed by atoms with Crippen molar-refractivity contribution in [2.75, 3.05) is 0 Å². The largest absolute Gasteiger partial charge is 0.388 e. The molecule has 0 amide bonds. The predicted molar refractivity (Wildman–Crippen MR) is 65.8 cm³/mol. The number of ether oxygens (including phenoxy) is 3. The summed E-state index contributed by atoms with van der Waals surface area (Å²) >= 11 is 0. The van der Waals surface area contributed by atoms with Gasteiger partial charge in [-0.05, 0) is 13.8 Å². The minimum Gasteiger partial charge on any atom is -0.388 e. The minimum atomic E-state index is -1.58. The highest BCUT2D eigenvalue weighted by atomic mass is 16.7. The van der Waals surface area contributed by atoms with Gasteiger partial charge in [-0.15, -0.1) is 0 Å². The standard InChI is InChI=1S/C12H22O9/c1-3-6(14)8(16)10(11(18)19-3)21-12-9(17)7(15)5(13)4(2)20-12/h3-18H,1-2H3/t3-,4-,5+,6+,7+,8+,9-,10-,11?,12?/m1/s1. The molecular formula is C12H22O9. The molecule has 2 unspecified atom stereocenters. The predicted octanol–water partition coefficient (Wildman–Crippen LogP) is -3.34. The lowest BCUT2D eigenvalue weighted by atomic mass is 9.98. The van der Waals surface area contributed by atoms with Gasteiger partial charge in [-0.3, -0.25) is 0 Å². The number of hydrogen-bond acceptors (Lipinski definition) is 9. The first-order chi connectivity index (χ1) is 9.73. The average molecular weight is 310 g/mol. The van der Waals surface area contributed by atoms with Gasteiger partial charge in [-0.2, -0.15) is 0 Å². The van der Waals surface area contributed by atoms with Crippen molar-refractivity contribution in [2.24, 2.45) is 0 Å². The van der Waals surface area contributed by atoms with Gasteiger partial charge in [0, 0.05) is 0 Å². The molecule has 0 aliphatic carbocycles. The number of aliphatic hydroxyl groups is 6. The highest BCUT2D eigenvalue weighted by molar-refractivity contribution is 4.91. The van der Waals surface area contributed by atoms with Crippen molar-refractivity contribution < 1.29 is 44.8 Å². The molecule has 0 radical (unpaired) electrons. The summed E-state index contributed by atoms with van der Waals surface area (Å²) in [5.41, 5.74) is 0. The van der Waals surface area contributed by atoms with Gasteiger partial charge in [-0.25, -0.2) is 0 Å². The molecule has 2 saturated heterocycles. The molecule has 2 aliphatic heterocycles. The highest BCUT2D eigenvalue weighted by Crippen LogP contribution is 2.28. The van der Waals surface area contributed by atoms with Gasteiger partial charge in [0.2, 0.25) is 0 Å². The van der Waals surface area contributed by atoms with Crippen LogP contribution in [0, 0.1) is 0 Å². The van der Waals surface area contributed by atoms with Gasteiger partial charge in [-0.1, -0.05) is 0 Å². The summed E-state index contributed by atoms with van der Waals surface area (Å²) in [6.07, 6.45) is -13.0. The van der Waals surface area contributed by atoms with Crippen molar-refractivity contribution in [3.05, 3.63) is 0 Å². The van der Waals surface area contributed by atoms with Crippen molar-refractivity contribution in [1.82, 2.24) is 0 Å². The summed E-state index contributed by atoms with van der Waals surface area (Å²) in [4.78, 5) is 0. The molecule has 0 spiro atoms. The van der Waals surface area contributed by atoms with E-state index in [0.29, 0.717) is 0 Å². The van der Waals surface area contributed by atoms with Crippen LogP contribution in [0.15, 0.2) is 0 Å². The summed E-state index contributed by atoms with van der Waals surface area (Å²) in [6, 6.07) is 0. The van der Waals surface area contributed by atoms with E-state index in [1.54, 1.807) is 0 Å². The molecule has 0 saturated carbocycles. The third-order valence-corrected chi connectivity index (χ3v) is 3.90. The Morgan fingerprint density at radius 1 is 0.667 bits per heavy atom. The lowest BCUT2D eigenvalue weighted by Gasteiger charge is -2.44. The summed E-state index contributed by atoms with van der Waals surface area (Å²) in [6.45, 7) is 2.94. The fourth-order valence-corrected chi connectivity index (χ4v) is 2.45.